The van der Waals surface area contributed by atoms with Crippen molar-refractivity contribution in [3.05, 3.63) is 77.0 Å². The number of pyridine rings is 1. The summed E-state index contributed by atoms with van der Waals surface area (Å²) >= 11 is 5.95. The van der Waals surface area contributed by atoms with E-state index in [1.807, 2.05) is 42.5 Å². The van der Waals surface area contributed by atoms with Gasteiger partial charge in [-0.1, -0.05) is 29.8 Å². The molecule has 3 aromatic rings. The summed E-state index contributed by atoms with van der Waals surface area (Å²) in [6.07, 6.45) is 5.27. The maximum absolute atomic E-state index is 13.0. The predicted molar refractivity (Wildman–Crippen MR) is 108 cm³/mol. The van der Waals surface area contributed by atoms with Crippen LogP contribution < -0.4 is 0 Å². The van der Waals surface area contributed by atoms with Crippen molar-refractivity contribution in [2.75, 3.05) is 6.54 Å². The van der Waals surface area contributed by atoms with Crippen molar-refractivity contribution >= 4 is 21.6 Å². The van der Waals surface area contributed by atoms with Crippen LogP contribution >= 0.6 is 11.6 Å². The Morgan fingerprint density at radius 2 is 1.96 bits per heavy atom. The minimum absolute atomic E-state index is 0.0826. The molecule has 1 aliphatic heterocycles. The number of nitrogens with zero attached hydrogens (tertiary/aromatic N) is 4. The van der Waals surface area contributed by atoms with Crippen molar-refractivity contribution in [3.63, 3.8) is 0 Å². The predicted octanol–water partition coefficient (Wildman–Crippen LogP) is 3.59. The minimum Gasteiger partial charge on any atom is -0.339 e. The van der Waals surface area contributed by atoms with Gasteiger partial charge in [-0.25, -0.2) is 13.4 Å². The fraction of sp³-hybridized carbons (Fsp3) is 0.300. The van der Waals surface area contributed by atoms with Crippen LogP contribution in [-0.4, -0.2) is 33.8 Å². The van der Waals surface area contributed by atoms with Crippen molar-refractivity contribution in [2.24, 2.45) is 7.05 Å². The van der Waals surface area contributed by atoms with Crippen LogP contribution in [0, 0.1) is 0 Å². The Morgan fingerprint density at radius 3 is 2.68 bits per heavy atom. The fourth-order valence-corrected chi connectivity index (χ4v) is 5.32. The van der Waals surface area contributed by atoms with Gasteiger partial charge in [0.05, 0.1) is 18.1 Å². The molecule has 0 aliphatic carbocycles. The summed E-state index contributed by atoms with van der Waals surface area (Å²) in [5.41, 5.74) is 2.80. The summed E-state index contributed by atoms with van der Waals surface area (Å²) in [7, 11) is -1.89. The molecular formula is C20H21ClN4O2S. The summed E-state index contributed by atoms with van der Waals surface area (Å²) in [5.74, 6) is 0. The molecule has 1 atom stereocenters. The summed E-state index contributed by atoms with van der Waals surface area (Å²) in [6, 6.07) is 13.2. The lowest BCUT2D eigenvalue weighted by Gasteiger charge is -2.23. The van der Waals surface area contributed by atoms with E-state index in [0.717, 1.165) is 29.8 Å². The number of benzene rings is 1. The third kappa shape index (κ3) is 3.83. The van der Waals surface area contributed by atoms with Gasteiger partial charge in [0.15, 0.2) is 5.03 Å². The first kappa shape index (κ1) is 19.1. The number of imidazole rings is 1. The van der Waals surface area contributed by atoms with Crippen LogP contribution in [0.1, 0.15) is 35.8 Å². The van der Waals surface area contributed by atoms with Crippen LogP contribution in [0.3, 0.4) is 0 Å². The molecule has 146 valence electrons. The number of rotatable bonds is 5. The van der Waals surface area contributed by atoms with Gasteiger partial charge in [-0.2, -0.15) is 4.31 Å². The lowest BCUT2D eigenvalue weighted by molar-refractivity contribution is 0.388. The van der Waals surface area contributed by atoms with Crippen LogP contribution in [0.25, 0.3) is 0 Å². The Kier molecular flexibility index (Phi) is 5.23. The zero-order valence-electron chi connectivity index (χ0n) is 15.5. The Bertz CT molecular complexity index is 1080. The molecule has 1 fully saturated rings. The Labute approximate surface area is 169 Å². The fourth-order valence-electron chi connectivity index (χ4n) is 3.56. The number of hydrogen-bond acceptors (Lipinski definition) is 4. The van der Waals surface area contributed by atoms with Gasteiger partial charge in [0.2, 0.25) is 0 Å². The lowest BCUT2D eigenvalue weighted by atomic mass is 10.1. The normalized spacial score (nSPS) is 17.9. The maximum atomic E-state index is 13.0. The first-order chi connectivity index (χ1) is 13.4. The van der Waals surface area contributed by atoms with E-state index in [1.165, 1.54) is 16.8 Å². The van der Waals surface area contributed by atoms with E-state index in [2.05, 4.69) is 4.98 Å². The van der Waals surface area contributed by atoms with Crippen LogP contribution in [-0.2, 0) is 23.5 Å². The zero-order chi connectivity index (χ0) is 19.7. The molecule has 28 heavy (non-hydrogen) atoms. The molecule has 8 heteroatoms. The summed E-state index contributed by atoms with van der Waals surface area (Å²) in [6.45, 7) is 0.479. The second kappa shape index (κ2) is 7.66. The Hall–Kier alpha value is -2.22. The molecule has 1 unspecified atom stereocenters. The Balaban J connectivity index is 1.60. The second-order valence-electron chi connectivity index (χ2n) is 7.01. The molecule has 4 rings (SSSR count). The smallest absolute Gasteiger partial charge is 0.262 e. The van der Waals surface area contributed by atoms with Crippen molar-refractivity contribution < 1.29 is 8.42 Å². The van der Waals surface area contributed by atoms with Gasteiger partial charge < -0.3 is 4.57 Å². The SMILES string of the molecule is Cn1cnc(S(=O)(=O)N2CCCC2c2cccc(Cc3ccc(Cl)cc3)n2)c1. The number of aryl methyl sites for hydroxylation is 1. The van der Waals surface area contributed by atoms with Gasteiger partial charge in [0.1, 0.15) is 0 Å². The van der Waals surface area contributed by atoms with Gasteiger partial charge in [-0.05, 0) is 42.7 Å². The highest BCUT2D eigenvalue weighted by Crippen LogP contribution is 2.35. The quantitative estimate of drug-likeness (QED) is 0.637. The topological polar surface area (TPSA) is 68.1 Å². The first-order valence-corrected chi connectivity index (χ1v) is 11.0. The zero-order valence-corrected chi connectivity index (χ0v) is 17.1. The third-order valence-corrected chi connectivity index (χ3v) is 6.97. The number of sulfonamides is 1. The standard InChI is InChI=1S/C20H21ClN4O2S/c1-24-13-20(22-14-24)28(26,27)25-11-3-6-19(25)18-5-2-4-17(23-18)12-15-7-9-16(21)10-8-15/h2,4-5,7-10,13-14,19H,3,6,11-12H2,1H3. The molecule has 0 N–H and O–H groups in total. The molecule has 1 aliphatic rings. The molecule has 1 aromatic carbocycles. The average molecular weight is 417 g/mol. The highest BCUT2D eigenvalue weighted by molar-refractivity contribution is 7.89. The van der Waals surface area contributed by atoms with Gasteiger partial charge in [-0.3, -0.25) is 4.98 Å². The van der Waals surface area contributed by atoms with Crippen LogP contribution in [0.5, 0.6) is 0 Å². The number of hydrogen-bond donors (Lipinski definition) is 0. The van der Waals surface area contributed by atoms with Gasteiger partial charge >= 0.3 is 0 Å². The van der Waals surface area contributed by atoms with Crippen molar-refractivity contribution in [2.45, 2.75) is 30.3 Å². The first-order valence-electron chi connectivity index (χ1n) is 9.13. The molecule has 2 aromatic heterocycles. The van der Waals surface area contributed by atoms with Crippen molar-refractivity contribution in [1.82, 2.24) is 18.8 Å². The van der Waals surface area contributed by atoms with E-state index in [0.29, 0.717) is 18.0 Å². The van der Waals surface area contributed by atoms with E-state index < -0.39 is 10.0 Å². The monoisotopic (exact) mass is 416 g/mol. The van der Waals surface area contributed by atoms with Crippen LogP contribution in [0.15, 0.2) is 60.0 Å². The van der Waals surface area contributed by atoms with Crippen LogP contribution in [0.4, 0.5) is 0 Å². The number of halogens is 1. The van der Waals surface area contributed by atoms with Crippen molar-refractivity contribution in [3.8, 4) is 0 Å². The van der Waals surface area contributed by atoms with E-state index in [9.17, 15) is 8.42 Å². The van der Waals surface area contributed by atoms with Crippen LogP contribution in [0.2, 0.25) is 5.02 Å². The van der Waals surface area contributed by atoms with E-state index >= 15 is 0 Å². The molecule has 0 radical (unpaired) electrons. The molecule has 0 amide bonds. The molecule has 3 heterocycles. The molecule has 0 bridgehead atoms. The molecule has 1 saturated heterocycles. The van der Waals surface area contributed by atoms with Gasteiger partial charge in [0.25, 0.3) is 10.0 Å². The third-order valence-electron chi connectivity index (χ3n) is 4.93. The highest BCUT2D eigenvalue weighted by Gasteiger charge is 2.38. The van der Waals surface area contributed by atoms with E-state index in [-0.39, 0.29) is 11.1 Å². The molecular weight excluding hydrogens is 396 g/mol. The second-order valence-corrected chi connectivity index (χ2v) is 9.28. The van der Waals surface area contributed by atoms with Gasteiger partial charge in [-0.15, -0.1) is 0 Å². The minimum atomic E-state index is -3.64. The van der Waals surface area contributed by atoms with Gasteiger partial charge in [0, 0.05) is 36.9 Å². The Morgan fingerprint density at radius 1 is 1.18 bits per heavy atom. The summed E-state index contributed by atoms with van der Waals surface area (Å²) < 4.78 is 29.3. The van der Waals surface area contributed by atoms with E-state index in [1.54, 1.807) is 11.6 Å². The lowest BCUT2D eigenvalue weighted by Crippen LogP contribution is -2.31. The van der Waals surface area contributed by atoms with Crippen molar-refractivity contribution in [1.29, 1.82) is 0 Å². The largest absolute Gasteiger partial charge is 0.339 e. The molecule has 0 saturated carbocycles. The average Bonchev–Trinajstić information content (AvgIpc) is 3.34. The number of aromatic nitrogens is 3. The van der Waals surface area contributed by atoms with E-state index in [4.69, 9.17) is 16.6 Å². The summed E-state index contributed by atoms with van der Waals surface area (Å²) in [5, 5.41) is 0.783. The highest BCUT2D eigenvalue weighted by atomic mass is 35.5. The molecule has 0 spiro atoms. The maximum Gasteiger partial charge on any atom is 0.262 e. The molecule has 6 nitrogen and oxygen atoms in total. The summed E-state index contributed by atoms with van der Waals surface area (Å²) in [4.78, 5) is 8.81.